The van der Waals surface area contributed by atoms with Crippen LogP contribution < -0.4 is 10.5 Å². The summed E-state index contributed by atoms with van der Waals surface area (Å²) < 4.78 is 76.8. The molecule has 0 aliphatic rings. The van der Waals surface area contributed by atoms with Crippen molar-refractivity contribution in [2.75, 3.05) is 13.1 Å². The minimum absolute atomic E-state index is 0. The van der Waals surface area contributed by atoms with Gasteiger partial charge in [-0.1, -0.05) is 0 Å². The number of halogens is 5. The van der Waals surface area contributed by atoms with E-state index in [0.29, 0.717) is 6.07 Å². The van der Waals surface area contributed by atoms with E-state index >= 15 is 0 Å². The zero-order chi connectivity index (χ0) is 14.8. The van der Waals surface area contributed by atoms with Crippen LogP contribution in [0.15, 0.2) is 17.0 Å². The van der Waals surface area contributed by atoms with Crippen LogP contribution in [0, 0.1) is 18.6 Å². The quantitative estimate of drug-likeness (QED) is 0.802. The van der Waals surface area contributed by atoms with Gasteiger partial charge in [-0.2, -0.15) is 0 Å². The standard InChI is InChI=1S/C10H12F4N2O2S.ClH/c1-6-2-9(8(12)3-7(6)11)19(17,18)16-5-10(13,14)4-15;/h2-3,16H,4-5,15H2,1H3;1H. The normalized spacial score (nSPS) is 12.1. The highest BCUT2D eigenvalue weighted by Gasteiger charge is 2.30. The summed E-state index contributed by atoms with van der Waals surface area (Å²) in [5.41, 5.74) is 4.62. The van der Waals surface area contributed by atoms with Gasteiger partial charge in [0.25, 0.3) is 5.92 Å². The SMILES string of the molecule is Cc1cc(S(=O)(=O)NCC(F)(F)CN)c(F)cc1F.Cl. The summed E-state index contributed by atoms with van der Waals surface area (Å²) in [6.07, 6.45) is 0. The Morgan fingerprint density at radius 3 is 2.30 bits per heavy atom. The number of rotatable bonds is 5. The fraction of sp³-hybridized carbons (Fsp3) is 0.400. The lowest BCUT2D eigenvalue weighted by atomic mass is 10.2. The molecule has 0 aliphatic heterocycles. The van der Waals surface area contributed by atoms with Gasteiger partial charge in [0.1, 0.15) is 16.5 Å². The van der Waals surface area contributed by atoms with Gasteiger partial charge in [-0.15, -0.1) is 12.4 Å². The fourth-order valence-corrected chi connectivity index (χ4v) is 2.39. The molecule has 3 N–H and O–H groups in total. The number of benzene rings is 1. The van der Waals surface area contributed by atoms with Crippen molar-refractivity contribution in [2.45, 2.75) is 17.7 Å². The first-order chi connectivity index (χ1) is 8.59. The van der Waals surface area contributed by atoms with E-state index < -0.39 is 45.6 Å². The summed E-state index contributed by atoms with van der Waals surface area (Å²) in [4.78, 5) is -0.890. The summed E-state index contributed by atoms with van der Waals surface area (Å²) in [5, 5.41) is 0. The van der Waals surface area contributed by atoms with Crippen LogP contribution in [0.5, 0.6) is 0 Å². The molecule has 0 unspecified atom stereocenters. The molecule has 1 aromatic carbocycles. The molecule has 0 bridgehead atoms. The molecular weight excluding hydrogens is 324 g/mol. The van der Waals surface area contributed by atoms with Gasteiger partial charge in [0.05, 0.1) is 13.1 Å². The predicted octanol–water partition coefficient (Wildman–Crippen LogP) is 1.57. The van der Waals surface area contributed by atoms with Crippen molar-refractivity contribution < 1.29 is 26.0 Å². The number of sulfonamides is 1. The molecule has 0 aliphatic carbocycles. The second-order valence-electron chi connectivity index (χ2n) is 3.92. The monoisotopic (exact) mass is 336 g/mol. The van der Waals surface area contributed by atoms with Crippen molar-refractivity contribution in [2.24, 2.45) is 5.73 Å². The summed E-state index contributed by atoms with van der Waals surface area (Å²) in [6.45, 7) is -1.09. The van der Waals surface area contributed by atoms with Gasteiger partial charge >= 0.3 is 0 Å². The maximum atomic E-state index is 13.4. The second kappa shape index (κ2) is 6.70. The summed E-state index contributed by atoms with van der Waals surface area (Å²) in [6, 6.07) is 1.11. The molecule has 0 atom stereocenters. The number of hydrogen-bond donors (Lipinski definition) is 2. The van der Waals surface area contributed by atoms with Gasteiger partial charge < -0.3 is 5.73 Å². The van der Waals surface area contributed by atoms with Gasteiger partial charge in [0.2, 0.25) is 10.0 Å². The van der Waals surface area contributed by atoms with Crippen LogP contribution in [-0.2, 0) is 10.0 Å². The molecule has 0 heterocycles. The van der Waals surface area contributed by atoms with Crippen LogP contribution in [0.1, 0.15) is 5.56 Å². The zero-order valence-electron chi connectivity index (χ0n) is 10.3. The highest BCUT2D eigenvalue weighted by molar-refractivity contribution is 7.89. The van der Waals surface area contributed by atoms with Crippen LogP contribution >= 0.6 is 12.4 Å². The minimum Gasteiger partial charge on any atom is -0.325 e. The van der Waals surface area contributed by atoms with Crippen LogP contribution in [0.25, 0.3) is 0 Å². The maximum absolute atomic E-state index is 13.4. The Morgan fingerprint density at radius 2 is 1.80 bits per heavy atom. The Kier molecular flexibility index (Phi) is 6.40. The smallest absolute Gasteiger partial charge is 0.273 e. The third kappa shape index (κ3) is 4.58. The lowest BCUT2D eigenvalue weighted by molar-refractivity contribution is 0.0170. The molecule has 1 aromatic rings. The predicted molar refractivity (Wildman–Crippen MR) is 67.5 cm³/mol. The maximum Gasteiger partial charge on any atom is 0.273 e. The van der Waals surface area contributed by atoms with Crippen molar-refractivity contribution in [1.29, 1.82) is 0 Å². The van der Waals surface area contributed by atoms with Crippen molar-refractivity contribution in [3.8, 4) is 0 Å². The Morgan fingerprint density at radius 1 is 1.25 bits per heavy atom. The third-order valence-corrected chi connectivity index (χ3v) is 3.74. The summed E-state index contributed by atoms with van der Waals surface area (Å²) in [5.74, 6) is -5.73. The van der Waals surface area contributed by atoms with Crippen LogP contribution in [0.3, 0.4) is 0 Å². The van der Waals surface area contributed by atoms with E-state index in [1.54, 1.807) is 0 Å². The van der Waals surface area contributed by atoms with Crippen LogP contribution in [0.2, 0.25) is 0 Å². The highest BCUT2D eigenvalue weighted by atomic mass is 35.5. The average Bonchev–Trinajstić information content (AvgIpc) is 2.31. The van der Waals surface area contributed by atoms with Gasteiger partial charge in [-0.3, -0.25) is 0 Å². The van der Waals surface area contributed by atoms with Crippen molar-refractivity contribution in [3.63, 3.8) is 0 Å². The van der Waals surface area contributed by atoms with Gasteiger partial charge in [-0.25, -0.2) is 30.7 Å². The first-order valence-electron chi connectivity index (χ1n) is 5.12. The summed E-state index contributed by atoms with van der Waals surface area (Å²) in [7, 11) is -4.50. The first-order valence-corrected chi connectivity index (χ1v) is 6.60. The third-order valence-electron chi connectivity index (χ3n) is 2.32. The zero-order valence-corrected chi connectivity index (χ0v) is 11.9. The van der Waals surface area contributed by atoms with Crippen molar-refractivity contribution >= 4 is 22.4 Å². The topological polar surface area (TPSA) is 72.2 Å². The van der Waals surface area contributed by atoms with E-state index in [-0.39, 0.29) is 18.0 Å². The Bertz CT molecular complexity index is 581. The molecule has 1 rings (SSSR count). The molecule has 0 saturated carbocycles. The molecule has 10 heteroatoms. The highest BCUT2D eigenvalue weighted by Crippen LogP contribution is 2.19. The number of alkyl halides is 2. The molecule has 116 valence electrons. The Hall–Kier alpha value is -0.900. The van der Waals surface area contributed by atoms with Gasteiger partial charge in [-0.05, 0) is 18.6 Å². The molecule has 0 saturated heterocycles. The molecule has 0 spiro atoms. The molecule has 0 amide bonds. The van der Waals surface area contributed by atoms with Crippen molar-refractivity contribution in [1.82, 2.24) is 4.72 Å². The van der Waals surface area contributed by atoms with Crippen LogP contribution in [0.4, 0.5) is 17.6 Å². The van der Waals surface area contributed by atoms with Crippen LogP contribution in [-0.4, -0.2) is 27.4 Å². The van der Waals surface area contributed by atoms with E-state index in [1.807, 2.05) is 0 Å². The number of hydrogen-bond acceptors (Lipinski definition) is 3. The first kappa shape index (κ1) is 19.1. The van der Waals surface area contributed by atoms with E-state index in [2.05, 4.69) is 0 Å². The van der Waals surface area contributed by atoms with Gasteiger partial charge in [0, 0.05) is 6.07 Å². The molecule has 4 nitrogen and oxygen atoms in total. The lowest BCUT2D eigenvalue weighted by Gasteiger charge is -2.15. The Labute approximate surface area is 119 Å². The number of nitrogens with one attached hydrogen (secondary N) is 1. The Balaban J connectivity index is 0.00000361. The number of nitrogens with two attached hydrogens (primary N) is 1. The van der Waals surface area contributed by atoms with E-state index in [1.165, 1.54) is 11.6 Å². The summed E-state index contributed by atoms with van der Waals surface area (Å²) >= 11 is 0. The van der Waals surface area contributed by atoms with Crippen molar-refractivity contribution in [3.05, 3.63) is 29.3 Å². The molecular formula is C10H13ClF4N2O2S. The lowest BCUT2D eigenvalue weighted by Crippen LogP contribution is -2.41. The van der Waals surface area contributed by atoms with E-state index in [0.717, 1.165) is 6.07 Å². The largest absolute Gasteiger partial charge is 0.325 e. The minimum atomic E-state index is -4.50. The average molecular weight is 337 g/mol. The van der Waals surface area contributed by atoms with Gasteiger partial charge in [0.15, 0.2) is 0 Å². The number of aryl methyl sites for hydroxylation is 1. The fourth-order valence-electron chi connectivity index (χ4n) is 1.19. The molecule has 0 radical (unpaired) electrons. The molecule has 0 aromatic heterocycles. The van der Waals surface area contributed by atoms with E-state index in [4.69, 9.17) is 5.73 Å². The van der Waals surface area contributed by atoms with E-state index in [9.17, 15) is 26.0 Å². The molecule has 20 heavy (non-hydrogen) atoms. The second-order valence-corrected chi connectivity index (χ2v) is 5.65. The molecule has 0 fully saturated rings.